The van der Waals surface area contributed by atoms with E-state index in [0.717, 1.165) is 6.08 Å². The monoisotopic (exact) mass is 329 g/mol. The number of amides is 1. The number of carbonyl (C=O) groups excluding carboxylic acids is 1. The Balaban J connectivity index is 2.37. The molecule has 0 aliphatic carbocycles. The fourth-order valence-electron chi connectivity index (χ4n) is 2.23. The Morgan fingerprint density at radius 2 is 2.12 bits per heavy atom. The van der Waals surface area contributed by atoms with Gasteiger partial charge in [0, 0.05) is 29.5 Å². The van der Waals surface area contributed by atoms with E-state index in [1.54, 1.807) is 31.3 Å². The fourth-order valence-corrected chi connectivity index (χ4v) is 2.23. The molecule has 0 aliphatic rings. The molecule has 24 heavy (non-hydrogen) atoms. The van der Waals surface area contributed by atoms with Crippen LogP contribution in [0.4, 0.5) is 5.69 Å². The average molecular weight is 329 g/mol. The van der Waals surface area contributed by atoms with Gasteiger partial charge >= 0.3 is 0 Å². The minimum atomic E-state index is -0.751. The summed E-state index contributed by atoms with van der Waals surface area (Å²) in [6.45, 7) is 1.80. The highest BCUT2D eigenvalue weighted by molar-refractivity contribution is 5.90. The van der Waals surface area contributed by atoms with Gasteiger partial charge in [-0.3, -0.25) is 24.9 Å². The average Bonchev–Trinajstić information content (AvgIpc) is 2.56. The third-order valence-electron chi connectivity index (χ3n) is 3.53. The number of aromatic nitrogens is 1. The Kier molecular flexibility index (Phi) is 5.23. The summed E-state index contributed by atoms with van der Waals surface area (Å²) in [5.74, 6) is -0.751. The number of nitrogens with one attached hydrogen (secondary N) is 1. The standard InChI is InChI=1S/C16H15N3O5/c1-11-13(4-2-6-14(11)19(23)24)10-18-9-3-5-12(16(18)21)7-8-15(20)17-22/h2-9,22H,10H2,1H3,(H,17,20)/b8-7+. The van der Waals surface area contributed by atoms with Crippen LogP contribution in [0.2, 0.25) is 0 Å². The molecule has 0 bridgehead atoms. The first-order valence-electron chi connectivity index (χ1n) is 6.98. The minimum absolute atomic E-state index is 0.00350. The van der Waals surface area contributed by atoms with Gasteiger partial charge in [0.1, 0.15) is 0 Å². The van der Waals surface area contributed by atoms with Crippen LogP contribution in [-0.2, 0) is 11.3 Å². The van der Waals surface area contributed by atoms with E-state index in [1.807, 2.05) is 0 Å². The summed E-state index contributed by atoms with van der Waals surface area (Å²) in [4.78, 5) is 33.9. The molecule has 1 aromatic carbocycles. The first kappa shape index (κ1) is 17.1. The number of benzene rings is 1. The molecular formula is C16H15N3O5. The smallest absolute Gasteiger partial charge is 0.272 e. The van der Waals surface area contributed by atoms with Crippen molar-refractivity contribution in [2.24, 2.45) is 0 Å². The van der Waals surface area contributed by atoms with E-state index in [-0.39, 0.29) is 23.4 Å². The number of nitro benzene ring substituents is 1. The molecule has 1 heterocycles. The van der Waals surface area contributed by atoms with Crippen LogP contribution in [0.15, 0.2) is 47.4 Å². The number of hydrogen-bond acceptors (Lipinski definition) is 5. The van der Waals surface area contributed by atoms with Gasteiger partial charge in [0.15, 0.2) is 0 Å². The summed E-state index contributed by atoms with van der Waals surface area (Å²) >= 11 is 0. The molecule has 2 aromatic rings. The van der Waals surface area contributed by atoms with Gasteiger partial charge in [-0.25, -0.2) is 5.48 Å². The summed E-state index contributed by atoms with van der Waals surface area (Å²) in [5, 5.41) is 19.4. The number of carbonyl (C=O) groups is 1. The number of hydroxylamine groups is 1. The molecule has 1 amide bonds. The molecule has 2 rings (SSSR count). The van der Waals surface area contributed by atoms with Crippen molar-refractivity contribution in [2.75, 3.05) is 0 Å². The van der Waals surface area contributed by atoms with Gasteiger partial charge in [-0.15, -0.1) is 0 Å². The van der Waals surface area contributed by atoms with Crippen molar-refractivity contribution in [1.29, 1.82) is 0 Å². The van der Waals surface area contributed by atoms with Crippen molar-refractivity contribution >= 4 is 17.7 Å². The van der Waals surface area contributed by atoms with Crippen LogP contribution in [0.3, 0.4) is 0 Å². The lowest BCUT2D eigenvalue weighted by atomic mass is 10.1. The lowest BCUT2D eigenvalue weighted by Crippen LogP contribution is -2.22. The number of nitro groups is 1. The molecule has 0 aliphatic heterocycles. The van der Waals surface area contributed by atoms with E-state index >= 15 is 0 Å². The molecule has 0 radical (unpaired) electrons. The normalized spacial score (nSPS) is 10.8. The van der Waals surface area contributed by atoms with Gasteiger partial charge < -0.3 is 4.57 Å². The zero-order valence-electron chi connectivity index (χ0n) is 12.8. The topological polar surface area (TPSA) is 114 Å². The van der Waals surface area contributed by atoms with Gasteiger partial charge in [-0.1, -0.05) is 12.1 Å². The molecule has 124 valence electrons. The van der Waals surface area contributed by atoms with Crippen molar-refractivity contribution in [3.8, 4) is 0 Å². The maximum absolute atomic E-state index is 12.4. The van der Waals surface area contributed by atoms with E-state index < -0.39 is 10.8 Å². The molecule has 2 N–H and O–H groups in total. The van der Waals surface area contributed by atoms with E-state index in [9.17, 15) is 19.7 Å². The van der Waals surface area contributed by atoms with E-state index in [4.69, 9.17) is 5.21 Å². The SMILES string of the molecule is Cc1c(Cn2cccc(/C=C/C(=O)NO)c2=O)cccc1[N+](=O)[O-]. The maximum Gasteiger partial charge on any atom is 0.272 e. The van der Waals surface area contributed by atoms with E-state index in [1.165, 1.54) is 28.3 Å². The molecule has 0 saturated carbocycles. The summed E-state index contributed by atoms with van der Waals surface area (Å²) in [6.07, 6.45) is 3.87. The minimum Gasteiger partial charge on any atom is -0.311 e. The zero-order chi connectivity index (χ0) is 17.7. The van der Waals surface area contributed by atoms with Crippen molar-refractivity contribution in [2.45, 2.75) is 13.5 Å². The van der Waals surface area contributed by atoms with Crippen molar-refractivity contribution < 1.29 is 14.9 Å². The Morgan fingerprint density at radius 1 is 1.38 bits per heavy atom. The van der Waals surface area contributed by atoms with Crippen LogP contribution < -0.4 is 11.0 Å². The first-order chi connectivity index (χ1) is 11.4. The number of pyridine rings is 1. The van der Waals surface area contributed by atoms with Crippen LogP contribution in [0.5, 0.6) is 0 Å². The van der Waals surface area contributed by atoms with E-state index in [2.05, 4.69) is 0 Å². The molecule has 0 unspecified atom stereocenters. The summed E-state index contributed by atoms with van der Waals surface area (Å²) < 4.78 is 1.39. The highest BCUT2D eigenvalue weighted by Crippen LogP contribution is 2.21. The van der Waals surface area contributed by atoms with Gasteiger partial charge in [0.2, 0.25) is 0 Å². The highest BCUT2D eigenvalue weighted by Gasteiger charge is 2.13. The molecule has 8 nitrogen and oxygen atoms in total. The molecule has 1 aromatic heterocycles. The lowest BCUT2D eigenvalue weighted by molar-refractivity contribution is -0.385. The quantitative estimate of drug-likeness (QED) is 0.374. The molecular weight excluding hydrogens is 314 g/mol. The van der Waals surface area contributed by atoms with Crippen LogP contribution in [0, 0.1) is 17.0 Å². The van der Waals surface area contributed by atoms with Gasteiger partial charge in [0.25, 0.3) is 17.2 Å². The zero-order valence-corrected chi connectivity index (χ0v) is 12.8. The molecule has 0 spiro atoms. The van der Waals surface area contributed by atoms with Crippen LogP contribution >= 0.6 is 0 Å². The highest BCUT2D eigenvalue weighted by atomic mass is 16.6. The first-order valence-corrected chi connectivity index (χ1v) is 6.98. The summed E-state index contributed by atoms with van der Waals surface area (Å²) in [6, 6.07) is 7.86. The third-order valence-corrected chi connectivity index (χ3v) is 3.53. The van der Waals surface area contributed by atoms with Crippen LogP contribution in [-0.4, -0.2) is 20.6 Å². The van der Waals surface area contributed by atoms with Crippen LogP contribution in [0.25, 0.3) is 6.08 Å². The number of hydrogen-bond donors (Lipinski definition) is 2. The lowest BCUT2D eigenvalue weighted by Gasteiger charge is -2.09. The number of rotatable bonds is 5. The third kappa shape index (κ3) is 3.73. The van der Waals surface area contributed by atoms with Crippen molar-refractivity contribution in [3.63, 3.8) is 0 Å². The molecule has 0 fully saturated rings. The second kappa shape index (κ2) is 7.34. The van der Waals surface area contributed by atoms with Crippen molar-refractivity contribution in [3.05, 3.63) is 79.8 Å². The summed E-state index contributed by atoms with van der Waals surface area (Å²) in [7, 11) is 0. The molecule has 0 saturated heterocycles. The van der Waals surface area contributed by atoms with Gasteiger partial charge in [0.05, 0.1) is 11.5 Å². The van der Waals surface area contributed by atoms with Crippen molar-refractivity contribution in [1.82, 2.24) is 10.0 Å². The maximum atomic E-state index is 12.4. The van der Waals surface area contributed by atoms with Gasteiger partial charge in [-0.05, 0) is 30.7 Å². The Labute approximate surface area is 136 Å². The second-order valence-corrected chi connectivity index (χ2v) is 5.02. The molecule has 0 atom stereocenters. The Hall–Kier alpha value is -3.26. The predicted octanol–water partition coefficient (Wildman–Crippen LogP) is 1.63. The van der Waals surface area contributed by atoms with E-state index in [0.29, 0.717) is 11.1 Å². The largest absolute Gasteiger partial charge is 0.311 e. The molecule has 8 heteroatoms. The predicted molar refractivity (Wildman–Crippen MR) is 86.6 cm³/mol. The Morgan fingerprint density at radius 3 is 2.79 bits per heavy atom. The number of nitrogens with zero attached hydrogens (tertiary/aromatic N) is 2. The van der Waals surface area contributed by atoms with Crippen LogP contribution in [0.1, 0.15) is 16.7 Å². The fraction of sp³-hybridized carbons (Fsp3) is 0.125. The Bertz CT molecular complexity index is 870. The second-order valence-electron chi connectivity index (χ2n) is 5.02. The van der Waals surface area contributed by atoms with Gasteiger partial charge in [-0.2, -0.15) is 0 Å². The summed E-state index contributed by atoms with van der Waals surface area (Å²) in [5.41, 5.74) is 2.48.